The Balaban J connectivity index is 1.38. The van der Waals surface area contributed by atoms with E-state index in [0.717, 1.165) is 51.4 Å². The number of rotatable bonds is 9. The van der Waals surface area contributed by atoms with E-state index in [-0.39, 0.29) is 17.7 Å². The summed E-state index contributed by atoms with van der Waals surface area (Å²) < 4.78 is 50.8. The van der Waals surface area contributed by atoms with E-state index in [0.29, 0.717) is 44.2 Å². The molecule has 1 aliphatic heterocycles. The molecule has 0 spiro atoms. The molecule has 2 heterocycles. The first-order chi connectivity index (χ1) is 16.9. The molecule has 4 rings (SSSR count). The van der Waals surface area contributed by atoms with Gasteiger partial charge >= 0.3 is 6.18 Å². The molecule has 1 saturated heterocycles. The first-order valence-corrected chi connectivity index (χ1v) is 12.5. The lowest BCUT2D eigenvalue weighted by Gasteiger charge is -2.34. The lowest BCUT2D eigenvalue weighted by molar-refractivity contribution is -0.137. The van der Waals surface area contributed by atoms with Gasteiger partial charge in [0.2, 0.25) is 0 Å². The molecule has 35 heavy (non-hydrogen) atoms. The van der Waals surface area contributed by atoms with Crippen LogP contribution in [0.5, 0.6) is 0 Å². The molecule has 2 fully saturated rings. The molecular formula is C26H34F3N3O3. The highest BCUT2D eigenvalue weighted by atomic mass is 19.4. The van der Waals surface area contributed by atoms with Crippen LogP contribution in [0.3, 0.4) is 0 Å². The summed E-state index contributed by atoms with van der Waals surface area (Å²) in [6.45, 7) is 5.29. The van der Waals surface area contributed by atoms with Gasteiger partial charge in [0.15, 0.2) is 5.76 Å². The summed E-state index contributed by atoms with van der Waals surface area (Å²) in [5, 5.41) is 2.90. The van der Waals surface area contributed by atoms with Gasteiger partial charge in [0.1, 0.15) is 5.76 Å². The molecule has 6 nitrogen and oxygen atoms in total. The van der Waals surface area contributed by atoms with Crippen molar-refractivity contribution in [2.45, 2.75) is 57.4 Å². The van der Waals surface area contributed by atoms with E-state index in [9.17, 15) is 18.0 Å². The second kappa shape index (κ2) is 12.1. The van der Waals surface area contributed by atoms with E-state index in [1.54, 1.807) is 18.2 Å². The maximum atomic E-state index is 13.2. The summed E-state index contributed by atoms with van der Waals surface area (Å²) in [6.07, 6.45) is 1.06. The predicted molar refractivity (Wildman–Crippen MR) is 126 cm³/mol. The maximum Gasteiger partial charge on any atom is 0.416 e. The first kappa shape index (κ1) is 25.7. The summed E-state index contributed by atoms with van der Waals surface area (Å²) >= 11 is 0. The van der Waals surface area contributed by atoms with Gasteiger partial charge in [0.05, 0.1) is 25.3 Å². The number of amides is 1. The largest absolute Gasteiger partial charge is 0.455 e. The molecular weight excluding hydrogens is 459 g/mol. The first-order valence-electron chi connectivity index (χ1n) is 12.5. The minimum absolute atomic E-state index is 0.254. The lowest BCUT2D eigenvalue weighted by Crippen LogP contribution is -2.41. The zero-order valence-corrected chi connectivity index (χ0v) is 20.0. The Labute approximate surface area is 204 Å². The van der Waals surface area contributed by atoms with E-state index >= 15 is 0 Å². The molecule has 1 amide bonds. The quantitative estimate of drug-likeness (QED) is 0.549. The standard InChI is InChI=1S/C26H34F3N3O3/c27-26(28,29)21-6-4-5-20(17-21)18-32(22-7-2-1-3-8-22)19-23-9-10-24(35-23)25(33)30-11-12-31-13-15-34-16-14-31/h4-6,9-10,17,22H,1-3,7-8,11-16,18-19H2,(H,30,33). The van der Waals surface area contributed by atoms with E-state index in [1.165, 1.54) is 18.6 Å². The number of nitrogens with zero attached hydrogens (tertiary/aromatic N) is 2. The number of hydrogen-bond donors (Lipinski definition) is 1. The van der Waals surface area contributed by atoms with Crippen molar-refractivity contribution in [3.05, 3.63) is 59.0 Å². The Morgan fingerprint density at radius 1 is 1.06 bits per heavy atom. The number of hydrogen-bond acceptors (Lipinski definition) is 5. The third-order valence-electron chi connectivity index (χ3n) is 6.79. The SMILES string of the molecule is O=C(NCCN1CCOCC1)c1ccc(CN(Cc2cccc(C(F)(F)F)c2)C2CCCCC2)o1. The second-order valence-corrected chi connectivity index (χ2v) is 9.37. The number of morpholine rings is 1. The number of carbonyl (C=O) groups excluding carboxylic acids is 1. The van der Waals surface area contributed by atoms with Crippen LogP contribution in [0.1, 0.15) is 59.5 Å². The Hall–Kier alpha value is -2.36. The van der Waals surface area contributed by atoms with Crippen molar-refractivity contribution in [2.75, 3.05) is 39.4 Å². The van der Waals surface area contributed by atoms with Crippen LogP contribution in [-0.4, -0.2) is 61.1 Å². The summed E-state index contributed by atoms with van der Waals surface area (Å²) in [5.41, 5.74) is -0.00865. The molecule has 2 aromatic rings. The Morgan fingerprint density at radius 2 is 1.83 bits per heavy atom. The van der Waals surface area contributed by atoms with Gasteiger partial charge < -0.3 is 14.5 Å². The fourth-order valence-electron chi connectivity index (χ4n) is 4.87. The highest BCUT2D eigenvalue weighted by Gasteiger charge is 2.31. The van der Waals surface area contributed by atoms with Crippen molar-refractivity contribution in [1.29, 1.82) is 0 Å². The van der Waals surface area contributed by atoms with Crippen LogP contribution in [0.15, 0.2) is 40.8 Å². The number of alkyl halides is 3. The van der Waals surface area contributed by atoms with Gasteiger partial charge in [-0.05, 0) is 36.6 Å². The third-order valence-corrected chi connectivity index (χ3v) is 6.79. The summed E-state index contributed by atoms with van der Waals surface area (Å²) in [6, 6.07) is 9.26. The van der Waals surface area contributed by atoms with Gasteiger partial charge in [0.25, 0.3) is 5.91 Å². The van der Waals surface area contributed by atoms with Crippen molar-refractivity contribution in [2.24, 2.45) is 0 Å². The molecule has 1 aromatic heterocycles. The molecule has 1 N–H and O–H groups in total. The monoisotopic (exact) mass is 493 g/mol. The minimum Gasteiger partial charge on any atom is -0.455 e. The molecule has 192 valence electrons. The normalized spacial score (nSPS) is 18.2. The Kier molecular flexibility index (Phi) is 8.86. The fraction of sp³-hybridized carbons (Fsp3) is 0.577. The number of carbonyl (C=O) groups is 1. The maximum absolute atomic E-state index is 13.2. The molecule has 9 heteroatoms. The van der Waals surface area contributed by atoms with Crippen LogP contribution in [0, 0.1) is 0 Å². The van der Waals surface area contributed by atoms with Crippen LogP contribution in [0.4, 0.5) is 13.2 Å². The highest BCUT2D eigenvalue weighted by molar-refractivity contribution is 5.91. The van der Waals surface area contributed by atoms with Crippen molar-refractivity contribution in [3.8, 4) is 0 Å². The molecule has 1 saturated carbocycles. The predicted octanol–water partition coefficient (Wildman–Crippen LogP) is 4.70. The Bertz CT molecular complexity index is 951. The molecule has 0 bridgehead atoms. The van der Waals surface area contributed by atoms with E-state index in [1.807, 2.05) is 0 Å². The van der Waals surface area contributed by atoms with Crippen LogP contribution in [-0.2, 0) is 24.0 Å². The summed E-state index contributed by atoms with van der Waals surface area (Å²) in [7, 11) is 0. The Morgan fingerprint density at radius 3 is 2.57 bits per heavy atom. The van der Waals surface area contributed by atoms with Crippen molar-refractivity contribution >= 4 is 5.91 Å². The number of halogens is 3. The average molecular weight is 494 g/mol. The minimum atomic E-state index is -4.36. The molecule has 1 aromatic carbocycles. The average Bonchev–Trinajstić information content (AvgIpc) is 3.33. The van der Waals surface area contributed by atoms with Gasteiger partial charge in [-0.1, -0.05) is 37.5 Å². The molecule has 0 atom stereocenters. The lowest BCUT2D eigenvalue weighted by atomic mass is 9.93. The van der Waals surface area contributed by atoms with Gasteiger partial charge in [-0.2, -0.15) is 13.2 Å². The molecule has 0 radical (unpaired) electrons. The van der Waals surface area contributed by atoms with Gasteiger partial charge in [-0.15, -0.1) is 0 Å². The molecule has 2 aliphatic rings. The highest BCUT2D eigenvalue weighted by Crippen LogP contribution is 2.31. The van der Waals surface area contributed by atoms with Gasteiger partial charge in [-0.25, -0.2) is 0 Å². The van der Waals surface area contributed by atoms with E-state index in [4.69, 9.17) is 9.15 Å². The molecule has 1 aliphatic carbocycles. The smallest absolute Gasteiger partial charge is 0.416 e. The van der Waals surface area contributed by atoms with Crippen molar-refractivity contribution in [1.82, 2.24) is 15.1 Å². The van der Waals surface area contributed by atoms with Gasteiger partial charge in [0, 0.05) is 38.8 Å². The van der Waals surface area contributed by atoms with Gasteiger partial charge in [-0.3, -0.25) is 14.6 Å². The number of furan rings is 1. The number of benzene rings is 1. The number of ether oxygens (including phenoxy) is 1. The zero-order chi connectivity index (χ0) is 24.7. The van der Waals surface area contributed by atoms with Crippen molar-refractivity contribution < 1.29 is 27.1 Å². The summed E-state index contributed by atoms with van der Waals surface area (Å²) in [4.78, 5) is 17.0. The summed E-state index contributed by atoms with van der Waals surface area (Å²) in [5.74, 6) is 0.636. The van der Waals surface area contributed by atoms with Crippen LogP contribution >= 0.6 is 0 Å². The van der Waals surface area contributed by atoms with Crippen molar-refractivity contribution in [3.63, 3.8) is 0 Å². The molecule has 0 unspecified atom stereocenters. The van der Waals surface area contributed by atoms with Crippen LogP contribution in [0.25, 0.3) is 0 Å². The number of nitrogens with one attached hydrogen (secondary N) is 1. The second-order valence-electron chi connectivity index (χ2n) is 9.37. The fourth-order valence-corrected chi connectivity index (χ4v) is 4.87. The zero-order valence-electron chi connectivity index (χ0n) is 20.0. The third kappa shape index (κ3) is 7.56. The van der Waals surface area contributed by atoms with Crippen LogP contribution in [0.2, 0.25) is 0 Å². The van der Waals surface area contributed by atoms with Crippen LogP contribution < -0.4 is 5.32 Å². The topological polar surface area (TPSA) is 58.0 Å². The van der Waals surface area contributed by atoms with E-state index in [2.05, 4.69) is 15.1 Å². The van der Waals surface area contributed by atoms with E-state index < -0.39 is 11.7 Å².